The Morgan fingerprint density at radius 1 is 1.14 bits per heavy atom. The van der Waals surface area contributed by atoms with Crippen LogP contribution in [0.1, 0.15) is 37.6 Å². The van der Waals surface area contributed by atoms with Gasteiger partial charge in [-0.05, 0) is 44.5 Å². The van der Waals surface area contributed by atoms with Crippen LogP contribution in [0.3, 0.4) is 0 Å². The Labute approximate surface area is 125 Å². The number of carbonyl (C=O) groups is 2. The smallest absolute Gasteiger partial charge is 0.311 e. The molecule has 21 heavy (non-hydrogen) atoms. The zero-order chi connectivity index (χ0) is 15.9. The van der Waals surface area contributed by atoms with Gasteiger partial charge in [0.15, 0.2) is 0 Å². The zero-order valence-corrected chi connectivity index (χ0v) is 13.1. The maximum atomic E-state index is 11.7. The lowest BCUT2D eigenvalue weighted by atomic mass is 9.91. The number of nitrogens with one attached hydrogen (secondary N) is 1. The van der Waals surface area contributed by atoms with Crippen LogP contribution < -0.4 is 10.1 Å². The van der Waals surface area contributed by atoms with E-state index >= 15 is 0 Å². The molecular formula is C16H23NO4. The van der Waals surface area contributed by atoms with E-state index in [1.54, 1.807) is 31.3 Å². The lowest BCUT2D eigenvalue weighted by molar-refractivity contribution is -0.154. The lowest BCUT2D eigenvalue weighted by Crippen LogP contribution is -2.27. The first kappa shape index (κ1) is 17.0. The lowest BCUT2D eigenvalue weighted by Gasteiger charge is -2.20. The molecule has 1 rings (SSSR count). The molecule has 116 valence electrons. The fourth-order valence-electron chi connectivity index (χ4n) is 1.48. The highest BCUT2D eigenvalue weighted by molar-refractivity contribution is 5.94. The van der Waals surface area contributed by atoms with Crippen molar-refractivity contribution in [3.63, 3.8) is 0 Å². The number of rotatable bonds is 7. The summed E-state index contributed by atoms with van der Waals surface area (Å²) in [4.78, 5) is 23.1. The molecule has 0 atom stereocenters. The molecule has 0 aliphatic carbocycles. The quantitative estimate of drug-likeness (QED) is 0.619. The van der Waals surface area contributed by atoms with Crippen LogP contribution in [0.2, 0.25) is 0 Å². The molecule has 0 saturated heterocycles. The second-order valence-corrected chi connectivity index (χ2v) is 5.33. The number of hydrogen-bond donors (Lipinski definition) is 1. The topological polar surface area (TPSA) is 64.6 Å². The molecule has 1 amide bonds. The average Bonchev–Trinajstić information content (AvgIpc) is 2.51. The highest BCUT2D eigenvalue weighted by Gasteiger charge is 2.26. The van der Waals surface area contributed by atoms with Crippen LogP contribution in [0.15, 0.2) is 24.3 Å². The molecule has 5 nitrogen and oxygen atoms in total. The molecule has 0 aromatic heterocycles. The number of ether oxygens (including phenoxy) is 2. The van der Waals surface area contributed by atoms with E-state index in [4.69, 9.17) is 9.47 Å². The Morgan fingerprint density at radius 2 is 1.76 bits per heavy atom. The molecule has 0 spiro atoms. The second kappa shape index (κ2) is 7.67. The third-order valence-electron chi connectivity index (χ3n) is 3.37. The molecule has 0 aliphatic heterocycles. The summed E-state index contributed by atoms with van der Waals surface area (Å²) in [7, 11) is 1.58. The fraction of sp³-hybridized carbons (Fsp3) is 0.500. The van der Waals surface area contributed by atoms with E-state index in [2.05, 4.69) is 5.32 Å². The minimum absolute atomic E-state index is 0.141. The standard InChI is InChI=1S/C16H23NO4/c1-5-16(2,3)15(19)21-11-10-20-13-8-6-12(7-9-13)14(18)17-4/h6-9H,5,10-11H2,1-4H3,(H,17,18). The Kier molecular flexibility index (Phi) is 6.21. The Bertz CT molecular complexity index is 480. The van der Waals surface area contributed by atoms with Gasteiger partial charge in [-0.15, -0.1) is 0 Å². The van der Waals surface area contributed by atoms with Gasteiger partial charge in [-0.1, -0.05) is 6.92 Å². The SMILES string of the molecule is CCC(C)(C)C(=O)OCCOc1ccc(C(=O)NC)cc1. The van der Waals surface area contributed by atoms with Crippen molar-refractivity contribution >= 4 is 11.9 Å². The van der Waals surface area contributed by atoms with Crippen molar-refractivity contribution < 1.29 is 19.1 Å². The van der Waals surface area contributed by atoms with Gasteiger partial charge in [-0.3, -0.25) is 9.59 Å². The van der Waals surface area contributed by atoms with Gasteiger partial charge in [0.2, 0.25) is 0 Å². The van der Waals surface area contributed by atoms with Crippen molar-refractivity contribution in [3.8, 4) is 5.75 Å². The second-order valence-electron chi connectivity index (χ2n) is 5.33. The van der Waals surface area contributed by atoms with Crippen LogP contribution in [-0.2, 0) is 9.53 Å². The van der Waals surface area contributed by atoms with Crippen LogP contribution in [0.25, 0.3) is 0 Å². The van der Waals surface area contributed by atoms with Gasteiger partial charge < -0.3 is 14.8 Å². The average molecular weight is 293 g/mol. The van der Waals surface area contributed by atoms with Gasteiger partial charge >= 0.3 is 5.97 Å². The van der Waals surface area contributed by atoms with E-state index in [1.807, 2.05) is 20.8 Å². The summed E-state index contributed by atoms with van der Waals surface area (Å²) in [5.74, 6) is 0.272. The van der Waals surface area contributed by atoms with Crippen LogP contribution in [0, 0.1) is 5.41 Å². The van der Waals surface area contributed by atoms with Gasteiger partial charge in [-0.25, -0.2) is 0 Å². The van der Waals surface area contributed by atoms with Gasteiger partial charge in [0.05, 0.1) is 5.41 Å². The van der Waals surface area contributed by atoms with Crippen LogP contribution >= 0.6 is 0 Å². The third kappa shape index (κ3) is 5.10. The first-order valence-corrected chi connectivity index (χ1v) is 7.03. The fourth-order valence-corrected chi connectivity index (χ4v) is 1.48. The molecule has 1 aromatic carbocycles. The monoisotopic (exact) mass is 293 g/mol. The van der Waals surface area contributed by atoms with Crippen molar-refractivity contribution in [1.82, 2.24) is 5.32 Å². The van der Waals surface area contributed by atoms with Gasteiger partial charge in [0.25, 0.3) is 5.91 Å². The maximum absolute atomic E-state index is 11.7. The van der Waals surface area contributed by atoms with Crippen molar-refractivity contribution in [2.24, 2.45) is 5.41 Å². The summed E-state index contributed by atoms with van der Waals surface area (Å²) in [5, 5.41) is 2.55. The molecule has 0 aliphatic rings. The first-order valence-electron chi connectivity index (χ1n) is 7.03. The van der Waals surface area contributed by atoms with E-state index in [0.29, 0.717) is 11.3 Å². The van der Waals surface area contributed by atoms with E-state index in [0.717, 1.165) is 6.42 Å². The Hall–Kier alpha value is -2.04. The molecule has 0 radical (unpaired) electrons. The van der Waals surface area contributed by atoms with Crippen LogP contribution in [0.4, 0.5) is 0 Å². The molecule has 0 bridgehead atoms. The normalized spacial score (nSPS) is 10.9. The minimum atomic E-state index is -0.463. The summed E-state index contributed by atoms with van der Waals surface area (Å²) in [6, 6.07) is 6.78. The number of benzene rings is 1. The highest BCUT2D eigenvalue weighted by atomic mass is 16.6. The number of esters is 1. The first-order chi connectivity index (χ1) is 9.90. The van der Waals surface area contributed by atoms with Crippen molar-refractivity contribution in [2.75, 3.05) is 20.3 Å². The molecule has 5 heteroatoms. The van der Waals surface area contributed by atoms with E-state index in [9.17, 15) is 9.59 Å². The molecule has 1 N–H and O–H groups in total. The summed E-state index contributed by atoms with van der Waals surface area (Å²) >= 11 is 0. The third-order valence-corrected chi connectivity index (χ3v) is 3.37. The Morgan fingerprint density at radius 3 is 2.29 bits per heavy atom. The molecule has 0 heterocycles. The largest absolute Gasteiger partial charge is 0.490 e. The Balaban J connectivity index is 2.36. The van der Waals surface area contributed by atoms with E-state index < -0.39 is 5.41 Å². The van der Waals surface area contributed by atoms with Gasteiger partial charge in [-0.2, -0.15) is 0 Å². The predicted octanol–water partition coefficient (Wildman–Crippen LogP) is 2.40. The molecule has 0 saturated carbocycles. The summed E-state index contributed by atoms with van der Waals surface area (Å²) < 4.78 is 10.6. The summed E-state index contributed by atoms with van der Waals surface area (Å²) in [6.45, 7) is 6.15. The molecule has 1 aromatic rings. The summed E-state index contributed by atoms with van der Waals surface area (Å²) in [5.41, 5.74) is 0.107. The summed E-state index contributed by atoms with van der Waals surface area (Å²) in [6.07, 6.45) is 0.730. The van der Waals surface area contributed by atoms with Crippen molar-refractivity contribution in [1.29, 1.82) is 0 Å². The number of hydrogen-bond acceptors (Lipinski definition) is 4. The van der Waals surface area contributed by atoms with E-state index in [-0.39, 0.29) is 25.1 Å². The van der Waals surface area contributed by atoms with E-state index in [1.165, 1.54) is 0 Å². The molecule has 0 unspecified atom stereocenters. The van der Waals surface area contributed by atoms with Crippen molar-refractivity contribution in [2.45, 2.75) is 27.2 Å². The highest BCUT2D eigenvalue weighted by Crippen LogP contribution is 2.21. The van der Waals surface area contributed by atoms with Crippen LogP contribution in [0.5, 0.6) is 5.75 Å². The minimum Gasteiger partial charge on any atom is -0.490 e. The van der Waals surface area contributed by atoms with Crippen molar-refractivity contribution in [3.05, 3.63) is 29.8 Å². The molecule has 0 fully saturated rings. The number of carbonyl (C=O) groups excluding carboxylic acids is 2. The zero-order valence-electron chi connectivity index (χ0n) is 13.1. The van der Waals surface area contributed by atoms with Gasteiger partial charge in [0, 0.05) is 12.6 Å². The van der Waals surface area contributed by atoms with Gasteiger partial charge in [0.1, 0.15) is 19.0 Å². The number of amides is 1. The molecular weight excluding hydrogens is 270 g/mol. The predicted molar refractivity (Wildman–Crippen MR) is 80.4 cm³/mol. The maximum Gasteiger partial charge on any atom is 0.311 e. The van der Waals surface area contributed by atoms with Crippen LogP contribution in [-0.4, -0.2) is 32.1 Å².